The molecule has 0 aromatic rings. The number of ether oxygens (including phenoxy) is 2. The lowest BCUT2D eigenvalue weighted by Crippen LogP contribution is -2.47. The van der Waals surface area contributed by atoms with Crippen molar-refractivity contribution in [2.75, 3.05) is 13.7 Å². The molecule has 1 aliphatic heterocycles. The summed E-state index contributed by atoms with van der Waals surface area (Å²) in [4.78, 5) is 24.5. The fourth-order valence-corrected chi connectivity index (χ4v) is 1.71. The van der Waals surface area contributed by atoms with E-state index in [1.54, 1.807) is 20.8 Å². The zero-order chi connectivity index (χ0) is 13.2. The first-order chi connectivity index (χ1) is 7.76. The van der Waals surface area contributed by atoms with Crippen LogP contribution in [-0.4, -0.2) is 53.5 Å². The minimum absolute atomic E-state index is 0.288. The SMILES string of the molecule is COC(=O)[C@H]1C(O)CCN1C(=O)OC(C)(C)C. The molecule has 0 saturated carbocycles. The van der Waals surface area contributed by atoms with Gasteiger partial charge in [0, 0.05) is 6.54 Å². The van der Waals surface area contributed by atoms with E-state index in [1.165, 1.54) is 12.0 Å². The maximum Gasteiger partial charge on any atom is 0.411 e. The number of hydrogen-bond donors (Lipinski definition) is 1. The third-order valence-corrected chi connectivity index (χ3v) is 2.44. The molecule has 1 fully saturated rings. The van der Waals surface area contributed by atoms with E-state index in [4.69, 9.17) is 4.74 Å². The molecule has 1 amide bonds. The Bertz CT molecular complexity index is 309. The summed E-state index contributed by atoms with van der Waals surface area (Å²) in [7, 11) is 1.22. The molecule has 6 nitrogen and oxygen atoms in total. The highest BCUT2D eigenvalue weighted by Gasteiger charge is 2.43. The fourth-order valence-electron chi connectivity index (χ4n) is 1.71. The first-order valence-corrected chi connectivity index (χ1v) is 5.52. The minimum Gasteiger partial charge on any atom is -0.467 e. The van der Waals surface area contributed by atoms with E-state index >= 15 is 0 Å². The van der Waals surface area contributed by atoms with Crippen LogP contribution in [0.1, 0.15) is 27.2 Å². The summed E-state index contributed by atoms with van der Waals surface area (Å²) >= 11 is 0. The molecule has 0 bridgehead atoms. The summed E-state index contributed by atoms with van der Waals surface area (Å²) in [5.74, 6) is -0.624. The Labute approximate surface area is 100 Å². The molecule has 6 heteroatoms. The van der Waals surface area contributed by atoms with Crippen LogP contribution in [-0.2, 0) is 14.3 Å². The van der Waals surface area contributed by atoms with E-state index in [0.717, 1.165) is 0 Å². The minimum atomic E-state index is -0.963. The maximum atomic E-state index is 11.8. The van der Waals surface area contributed by atoms with Gasteiger partial charge in [0.1, 0.15) is 5.60 Å². The normalized spacial score (nSPS) is 24.6. The molecular weight excluding hydrogens is 226 g/mol. The van der Waals surface area contributed by atoms with Crippen LogP contribution >= 0.6 is 0 Å². The van der Waals surface area contributed by atoms with Crippen molar-refractivity contribution in [3.63, 3.8) is 0 Å². The quantitative estimate of drug-likeness (QED) is 0.682. The largest absolute Gasteiger partial charge is 0.467 e. The molecule has 1 N–H and O–H groups in total. The van der Waals surface area contributed by atoms with Gasteiger partial charge >= 0.3 is 12.1 Å². The molecular formula is C11H19NO5. The van der Waals surface area contributed by atoms with Crippen LogP contribution < -0.4 is 0 Å². The molecule has 1 rings (SSSR count). The van der Waals surface area contributed by atoms with Crippen molar-refractivity contribution >= 4 is 12.1 Å². The predicted molar refractivity (Wildman–Crippen MR) is 59.4 cm³/mol. The van der Waals surface area contributed by atoms with Gasteiger partial charge in [0.05, 0.1) is 13.2 Å². The number of methoxy groups -OCH3 is 1. The van der Waals surface area contributed by atoms with E-state index in [1.807, 2.05) is 0 Å². The Kier molecular flexibility index (Phi) is 3.98. The molecule has 1 aliphatic rings. The Morgan fingerprint density at radius 1 is 1.35 bits per heavy atom. The van der Waals surface area contributed by atoms with E-state index in [-0.39, 0.29) is 6.54 Å². The molecule has 1 saturated heterocycles. The Morgan fingerprint density at radius 3 is 2.41 bits per heavy atom. The number of carbonyl (C=O) groups is 2. The summed E-state index contributed by atoms with van der Waals surface area (Å²) in [6.07, 6.45) is -1.15. The standard InChI is InChI=1S/C11H19NO5/c1-11(2,3)17-10(15)12-6-5-7(13)8(12)9(14)16-4/h7-8,13H,5-6H2,1-4H3/t7?,8-/m1/s1. The topological polar surface area (TPSA) is 76.1 Å². The number of nitrogens with zero attached hydrogens (tertiary/aromatic N) is 1. The van der Waals surface area contributed by atoms with Crippen LogP contribution in [0.15, 0.2) is 0 Å². The Hall–Kier alpha value is -1.30. The molecule has 0 aliphatic carbocycles. The number of carbonyl (C=O) groups excluding carboxylic acids is 2. The van der Waals surface area contributed by atoms with Crippen LogP contribution in [0.4, 0.5) is 4.79 Å². The van der Waals surface area contributed by atoms with Gasteiger partial charge in [0.2, 0.25) is 0 Å². The van der Waals surface area contributed by atoms with Crippen LogP contribution in [0, 0.1) is 0 Å². The molecule has 1 unspecified atom stereocenters. The van der Waals surface area contributed by atoms with Gasteiger partial charge in [-0.2, -0.15) is 0 Å². The smallest absolute Gasteiger partial charge is 0.411 e. The molecule has 17 heavy (non-hydrogen) atoms. The Morgan fingerprint density at radius 2 is 1.94 bits per heavy atom. The third kappa shape index (κ3) is 3.33. The highest BCUT2D eigenvalue weighted by atomic mass is 16.6. The van der Waals surface area contributed by atoms with Gasteiger partial charge in [-0.25, -0.2) is 9.59 Å². The third-order valence-electron chi connectivity index (χ3n) is 2.44. The van der Waals surface area contributed by atoms with Gasteiger partial charge in [-0.3, -0.25) is 4.90 Å². The number of esters is 1. The van der Waals surface area contributed by atoms with Crippen molar-refractivity contribution in [1.82, 2.24) is 4.90 Å². The number of rotatable bonds is 1. The van der Waals surface area contributed by atoms with Gasteiger partial charge in [0.25, 0.3) is 0 Å². The lowest BCUT2D eigenvalue weighted by Gasteiger charge is -2.27. The summed E-state index contributed by atoms with van der Waals surface area (Å²) in [5.41, 5.74) is -0.634. The average molecular weight is 245 g/mol. The van der Waals surface area contributed by atoms with Crippen molar-refractivity contribution in [1.29, 1.82) is 0 Å². The first kappa shape index (κ1) is 13.8. The second kappa shape index (κ2) is 4.91. The fraction of sp³-hybridized carbons (Fsp3) is 0.818. The van der Waals surface area contributed by atoms with Crippen LogP contribution in [0.3, 0.4) is 0 Å². The van der Waals surface area contributed by atoms with Crippen molar-refractivity contribution in [2.45, 2.75) is 44.9 Å². The zero-order valence-electron chi connectivity index (χ0n) is 10.6. The lowest BCUT2D eigenvalue weighted by molar-refractivity contribution is -0.148. The number of aliphatic hydroxyl groups is 1. The lowest BCUT2D eigenvalue weighted by atomic mass is 10.2. The number of amides is 1. The van der Waals surface area contributed by atoms with Gasteiger partial charge in [-0.15, -0.1) is 0 Å². The zero-order valence-corrected chi connectivity index (χ0v) is 10.6. The van der Waals surface area contributed by atoms with E-state index in [2.05, 4.69) is 4.74 Å². The maximum absolute atomic E-state index is 11.8. The molecule has 0 aromatic heterocycles. The van der Waals surface area contributed by atoms with E-state index in [0.29, 0.717) is 6.42 Å². The van der Waals surface area contributed by atoms with Gasteiger partial charge < -0.3 is 14.6 Å². The van der Waals surface area contributed by atoms with E-state index < -0.39 is 29.8 Å². The van der Waals surface area contributed by atoms with Crippen molar-refractivity contribution < 1.29 is 24.2 Å². The first-order valence-electron chi connectivity index (χ1n) is 5.52. The molecule has 0 radical (unpaired) electrons. The van der Waals surface area contributed by atoms with Gasteiger partial charge in [-0.05, 0) is 27.2 Å². The summed E-state index contributed by atoms with van der Waals surface area (Å²) in [6, 6.07) is -0.963. The van der Waals surface area contributed by atoms with Gasteiger partial charge in [-0.1, -0.05) is 0 Å². The molecule has 2 atom stereocenters. The highest BCUT2D eigenvalue weighted by molar-refractivity contribution is 5.82. The van der Waals surface area contributed by atoms with Crippen molar-refractivity contribution in [3.05, 3.63) is 0 Å². The molecule has 0 spiro atoms. The second-order valence-electron chi connectivity index (χ2n) is 5.00. The number of aliphatic hydroxyl groups excluding tert-OH is 1. The predicted octanol–water partition coefficient (Wildman–Crippen LogP) is 0.530. The van der Waals surface area contributed by atoms with Crippen molar-refractivity contribution in [3.8, 4) is 0 Å². The highest BCUT2D eigenvalue weighted by Crippen LogP contribution is 2.22. The van der Waals surface area contributed by atoms with Crippen LogP contribution in [0.25, 0.3) is 0 Å². The molecule has 0 aromatic carbocycles. The monoisotopic (exact) mass is 245 g/mol. The van der Waals surface area contributed by atoms with Gasteiger partial charge in [0.15, 0.2) is 6.04 Å². The number of hydrogen-bond acceptors (Lipinski definition) is 5. The molecule has 98 valence electrons. The average Bonchev–Trinajstić information content (AvgIpc) is 2.56. The van der Waals surface area contributed by atoms with E-state index in [9.17, 15) is 14.7 Å². The van der Waals surface area contributed by atoms with Crippen LogP contribution in [0.5, 0.6) is 0 Å². The second-order valence-corrected chi connectivity index (χ2v) is 5.00. The Balaban J connectivity index is 2.76. The molecule has 1 heterocycles. The summed E-state index contributed by atoms with van der Waals surface area (Å²) in [5, 5.41) is 9.66. The van der Waals surface area contributed by atoms with Crippen molar-refractivity contribution in [2.24, 2.45) is 0 Å². The van der Waals surface area contributed by atoms with Crippen LogP contribution in [0.2, 0.25) is 0 Å². The summed E-state index contributed by atoms with van der Waals surface area (Å²) in [6.45, 7) is 5.51. The number of likely N-dealkylation sites (tertiary alicyclic amines) is 1. The summed E-state index contributed by atoms with van der Waals surface area (Å²) < 4.78 is 9.73.